The van der Waals surface area contributed by atoms with Crippen LogP contribution < -0.4 is 10.6 Å². The Morgan fingerprint density at radius 3 is 2.77 bits per heavy atom. The minimum atomic E-state index is -0.667. The van der Waals surface area contributed by atoms with Gasteiger partial charge in [0.1, 0.15) is 12.4 Å². The van der Waals surface area contributed by atoms with Gasteiger partial charge >= 0.3 is 0 Å². The van der Waals surface area contributed by atoms with Gasteiger partial charge in [0.05, 0.1) is 18.9 Å². The smallest absolute Gasteiger partial charge is 0.191 e. The number of nitrogens with zero attached hydrogens (tertiary/aromatic N) is 1. The molecule has 0 saturated heterocycles. The van der Waals surface area contributed by atoms with E-state index in [1.807, 2.05) is 19.1 Å². The standard InChI is InChI=1S/C19H26ClN3O3/c1-2-21-19(22-10-4-11-25-14-17-5-3-12-26-17)23-13-18(24)15-6-8-16(20)9-7-15/h3,5-9,12,18,24H,2,4,10-11,13-14H2,1H3,(H2,21,22,23). The van der Waals surface area contributed by atoms with E-state index in [0.29, 0.717) is 24.2 Å². The molecule has 0 spiro atoms. The zero-order valence-corrected chi connectivity index (χ0v) is 15.7. The summed E-state index contributed by atoms with van der Waals surface area (Å²) < 4.78 is 10.7. The summed E-state index contributed by atoms with van der Waals surface area (Å²) in [4.78, 5) is 4.43. The molecule has 1 atom stereocenters. The first kappa shape index (κ1) is 20.3. The lowest BCUT2D eigenvalue weighted by Gasteiger charge is -2.13. The highest BCUT2D eigenvalue weighted by Crippen LogP contribution is 2.16. The average Bonchev–Trinajstić information content (AvgIpc) is 3.16. The van der Waals surface area contributed by atoms with Crippen molar-refractivity contribution in [1.29, 1.82) is 0 Å². The van der Waals surface area contributed by atoms with E-state index in [1.165, 1.54) is 0 Å². The first-order chi connectivity index (χ1) is 12.7. The molecule has 0 aliphatic rings. The van der Waals surface area contributed by atoms with Gasteiger partial charge in [-0.15, -0.1) is 0 Å². The number of hydrogen-bond acceptors (Lipinski definition) is 4. The molecule has 0 aliphatic heterocycles. The van der Waals surface area contributed by atoms with Gasteiger partial charge in [-0.2, -0.15) is 0 Å². The van der Waals surface area contributed by atoms with Crippen LogP contribution in [0.2, 0.25) is 5.02 Å². The largest absolute Gasteiger partial charge is 0.467 e. The molecule has 0 saturated carbocycles. The molecule has 0 amide bonds. The van der Waals surface area contributed by atoms with Gasteiger partial charge in [-0.1, -0.05) is 23.7 Å². The molecule has 2 rings (SSSR count). The molecule has 1 aromatic heterocycles. The van der Waals surface area contributed by atoms with E-state index < -0.39 is 6.10 Å². The molecule has 0 bridgehead atoms. The maximum atomic E-state index is 10.2. The number of benzene rings is 1. The zero-order chi connectivity index (χ0) is 18.6. The maximum absolute atomic E-state index is 10.2. The summed E-state index contributed by atoms with van der Waals surface area (Å²) in [6, 6.07) is 10.9. The number of halogens is 1. The Balaban J connectivity index is 1.69. The average molecular weight is 380 g/mol. The van der Waals surface area contributed by atoms with Crippen molar-refractivity contribution in [3.8, 4) is 0 Å². The topological polar surface area (TPSA) is 79.0 Å². The summed E-state index contributed by atoms with van der Waals surface area (Å²) in [6.07, 6.45) is 1.81. The summed E-state index contributed by atoms with van der Waals surface area (Å²) in [6.45, 7) is 4.85. The lowest BCUT2D eigenvalue weighted by atomic mass is 10.1. The van der Waals surface area contributed by atoms with Gasteiger partial charge in [0.15, 0.2) is 5.96 Å². The maximum Gasteiger partial charge on any atom is 0.191 e. The van der Waals surface area contributed by atoms with Crippen LogP contribution in [0.1, 0.15) is 30.8 Å². The molecule has 26 heavy (non-hydrogen) atoms. The summed E-state index contributed by atoms with van der Waals surface area (Å²) in [7, 11) is 0. The van der Waals surface area contributed by atoms with Gasteiger partial charge in [-0.05, 0) is 43.2 Å². The fraction of sp³-hybridized carbons (Fsp3) is 0.421. The fourth-order valence-electron chi connectivity index (χ4n) is 2.26. The molecule has 142 valence electrons. The molecule has 6 nitrogen and oxygen atoms in total. The second-order valence-corrected chi connectivity index (χ2v) is 6.14. The van der Waals surface area contributed by atoms with Crippen LogP contribution in [0.5, 0.6) is 0 Å². The van der Waals surface area contributed by atoms with Gasteiger partial charge in [0.25, 0.3) is 0 Å². The third-order valence-electron chi connectivity index (χ3n) is 3.60. The lowest BCUT2D eigenvalue weighted by Crippen LogP contribution is -2.38. The Kier molecular flexibility index (Phi) is 9.03. The zero-order valence-electron chi connectivity index (χ0n) is 15.0. The molecule has 1 heterocycles. The van der Waals surface area contributed by atoms with Crippen molar-refractivity contribution in [1.82, 2.24) is 10.6 Å². The van der Waals surface area contributed by atoms with Crippen molar-refractivity contribution in [3.63, 3.8) is 0 Å². The number of aliphatic imine (C=N–C) groups is 1. The summed E-state index contributed by atoms with van der Waals surface area (Å²) in [5.74, 6) is 1.50. The van der Waals surface area contributed by atoms with Crippen molar-refractivity contribution in [2.45, 2.75) is 26.1 Å². The normalized spacial score (nSPS) is 12.8. The number of hydrogen-bond donors (Lipinski definition) is 3. The van der Waals surface area contributed by atoms with E-state index in [4.69, 9.17) is 20.8 Å². The molecular formula is C19H26ClN3O3. The quantitative estimate of drug-likeness (QED) is 0.336. The molecule has 3 N–H and O–H groups in total. The Hall–Kier alpha value is -2.02. The number of furan rings is 1. The third-order valence-corrected chi connectivity index (χ3v) is 3.86. The molecule has 1 aromatic carbocycles. The van der Waals surface area contributed by atoms with Crippen LogP contribution in [0.4, 0.5) is 0 Å². The first-order valence-corrected chi connectivity index (χ1v) is 9.12. The van der Waals surface area contributed by atoms with Crippen molar-refractivity contribution in [2.75, 3.05) is 26.2 Å². The second kappa shape index (κ2) is 11.6. The molecule has 2 aromatic rings. The highest BCUT2D eigenvalue weighted by atomic mass is 35.5. The molecule has 1 unspecified atom stereocenters. The van der Waals surface area contributed by atoms with E-state index in [1.54, 1.807) is 30.5 Å². The fourth-order valence-corrected chi connectivity index (χ4v) is 2.38. The molecular weight excluding hydrogens is 354 g/mol. The minimum absolute atomic E-state index is 0.270. The van der Waals surface area contributed by atoms with Crippen LogP contribution in [0.25, 0.3) is 0 Å². The number of guanidine groups is 1. The van der Waals surface area contributed by atoms with Crippen molar-refractivity contribution in [3.05, 3.63) is 59.0 Å². The van der Waals surface area contributed by atoms with Gasteiger partial charge in [-0.3, -0.25) is 4.99 Å². The molecule has 7 heteroatoms. The number of ether oxygens (including phenoxy) is 1. The van der Waals surface area contributed by atoms with Crippen LogP contribution in [0.15, 0.2) is 52.1 Å². The van der Waals surface area contributed by atoms with Gasteiger partial charge in [-0.25, -0.2) is 0 Å². The van der Waals surface area contributed by atoms with E-state index >= 15 is 0 Å². The Labute approximate surface area is 159 Å². The van der Waals surface area contributed by atoms with Gasteiger partial charge in [0.2, 0.25) is 0 Å². The molecule has 0 fully saturated rings. The number of aliphatic hydroxyl groups excluding tert-OH is 1. The van der Waals surface area contributed by atoms with Crippen LogP contribution in [0.3, 0.4) is 0 Å². The summed E-state index contributed by atoms with van der Waals surface area (Å²) in [5, 5.41) is 17.3. The molecule has 0 radical (unpaired) electrons. The van der Waals surface area contributed by atoms with Gasteiger partial charge in [0, 0.05) is 24.7 Å². The number of aliphatic hydroxyl groups is 1. The number of rotatable bonds is 10. The second-order valence-electron chi connectivity index (χ2n) is 5.70. The van der Waals surface area contributed by atoms with Crippen molar-refractivity contribution >= 4 is 17.6 Å². The molecule has 0 aliphatic carbocycles. The highest BCUT2D eigenvalue weighted by molar-refractivity contribution is 6.30. The van der Waals surface area contributed by atoms with Crippen molar-refractivity contribution < 1.29 is 14.3 Å². The minimum Gasteiger partial charge on any atom is -0.467 e. The Morgan fingerprint density at radius 2 is 2.08 bits per heavy atom. The van der Waals surface area contributed by atoms with Gasteiger partial charge < -0.3 is 24.9 Å². The predicted molar refractivity (Wildman–Crippen MR) is 103 cm³/mol. The summed E-state index contributed by atoms with van der Waals surface area (Å²) >= 11 is 5.86. The van der Waals surface area contributed by atoms with Crippen LogP contribution >= 0.6 is 11.6 Å². The van der Waals surface area contributed by atoms with E-state index in [0.717, 1.165) is 30.8 Å². The van der Waals surface area contributed by atoms with Crippen LogP contribution in [0, 0.1) is 0 Å². The van der Waals surface area contributed by atoms with E-state index in [-0.39, 0.29) is 6.54 Å². The third kappa shape index (κ3) is 7.47. The summed E-state index contributed by atoms with van der Waals surface area (Å²) in [5.41, 5.74) is 0.792. The van der Waals surface area contributed by atoms with Crippen LogP contribution in [-0.4, -0.2) is 37.3 Å². The SMILES string of the molecule is CCNC(=NCC(O)c1ccc(Cl)cc1)NCCCOCc1ccco1. The predicted octanol–water partition coefficient (Wildman–Crippen LogP) is 3.13. The number of nitrogens with one attached hydrogen (secondary N) is 2. The first-order valence-electron chi connectivity index (χ1n) is 8.75. The highest BCUT2D eigenvalue weighted by Gasteiger charge is 2.07. The van der Waals surface area contributed by atoms with E-state index in [2.05, 4.69) is 15.6 Å². The Bertz CT molecular complexity index is 645. The van der Waals surface area contributed by atoms with Crippen molar-refractivity contribution in [2.24, 2.45) is 4.99 Å². The monoisotopic (exact) mass is 379 g/mol. The Morgan fingerprint density at radius 1 is 1.27 bits per heavy atom. The van der Waals surface area contributed by atoms with Crippen LogP contribution in [-0.2, 0) is 11.3 Å². The van der Waals surface area contributed by atoms with E-state index in [9.17, 15) is 5.11 Å². The lowest BCUT2D eigenvalue weighted by molar-refractivity contribution is 0.105.